The minimum absolute atomic E-state index is 0.117. The van der Waals surface area contributed by atoms with Crippen LogP contribution >= 0.6 is 0 Å². The molecule has 0 saturated heterocycles. The SMILES string of the molecule is COc1ccc(F)c(OC(=O)N2C[C@H](C)N(C(C)=O)c3ccc(-c4cc(C)n(C5CC5)c4)cc32)c1. The number of hydrogen-bond donors (Lipinski definition) is 0. The molecule has 1 fully saturated rings. The fourth-order valence-corrected chi connectivity index (χ4v) is 4.79. The second-order valence-corrected chi connectivity index (χ2v) is 9.23. The topological polar surface area (TPSA) is 64.0 Å². The Morgan fingerprint density at radius 1 is 1.03 bits per heavy atom. The normalized spacial score (nSPS) is 17.2. The minimum Gasteiger partial charge on any atom is -0.497 e. The average molecular weight is 478 g/mol. The van der Waals surface area contributed by atoms with Gasteiger partial charge in [0, 0.05) is 37.5 Å². The first kappa shape index (κ1) is 23.0. The Hall–Kier alpha value is -3.81. The maximum atomic E-state index is 14.4. The molecule has 0 bridgehead atoms. The number of nitrogens with zero attached hydrogens (tertiary/aromatic N) is 3. The molecule has 182 valence electrons. The van der Waals surface area contributed by atoms with Crippen LogP contribution in [0.25, 0.3) is 11.1 Å². The molecule has 2 amide bonds. The van der Waals surface area contributed by atoms with Crippen molar-refractivity contribution in [3.63, 3.8) is 0 Å². The quantitative estimate of drug-likeness (QED) is 0.483. The van der Waals surface area contributed by atoms with Crippen molar-refractivity contribution in [2.75, 3.05) is 23.5 Å². The van der Waals surface area contributed by atoms with Gasteiger partial charge in [-0.2, -0.15) is 0 Å². The van der Waals surface area contributed by atoms with Crippen LogP contribution in [0.5, 0.6) is 11.5 Å². The molecule has 1 aliphatic carbocycles. The molecule has 2 aliphatic rings. The lowest BCUT2D eigenvalue weighted by Crippen LogP contribution is -2.52. The van der Waals surface area contributed by atoms with E-state index in [-0.39, 0.29) is 24.2 Å². The van der Waals surface area contributed by atoms with Crippen LogP contribution in [0.3, 0.4) is 0 Å². The second-order valence-electron chi connectivity index (χ2n) is 9.23. The van der Waals surface area contributed by atoms with Gasteiger partial charge in [0.15, 0.2) is 11.6 Å². The number of hydrogen-bond acceptors (Lipinski definition) is 4. The number of benzene rings is 2. The summed E-state index contributed by atoms with van der Waals surface area (Å²) in [6, 6.07) is 12.1. The summed E-state index contributed by atoms with van der Waals surface area (Å²) in [6.45, 7) is 5.67. The van der Waals surface area contributed by atoms with Gasteiger partial charge in [-0.15, -0.1) is 0 Å². The monoisotopic (exact) mass is 477 g/mol. The van der Waals surface area contributed by atoms with Crippen LogP contribution in [0.15, 0.2) is 48.7 Å². The van der Waals surface area contributed by atoms with Gasteiger partial charge in [-0.1, -0.05) is 6.07 Å². The Kier molecular flexibility index (Phi) is 5.75. The molecule has 1 aliphatic heterocycles. The molecule has 0 unspecified atom stereocenters. The molecule has 3 aromatic rings. The van der Waals surface area contributed by atoms with Crippen LogP contribution in [-0.4, -0.2) is 36.3 Å². The van der Waals surface area contributed by atoms with Gasteiger partial charge in [-0.05, 0) is 68.1 Å². The minimum atomic E-state index is -0.725. The second kappa shape index (κ2) is 8.76. The van der Waals surface area contributed by atoms with Gasteiger partial charge in [0.2, 0.25) is 5.91 Å². The summed E-state index contributed by atoms with van der Waals surface area (Å²) in [5, 5.41) is 0. The van der Waals surface area contributed by atoms with Crippen molar-refractivity contribution in [1.82, 2.24) is 4.57 Å². The molecule has 1 saturated carbocycles. The van der Waals surface area contributed by atoms with Crippen molar-refractivity contribution in [1.29, 1.82) is 0 Å². The fraction of sp³-hybridized carbons (Fsp3) is 0.333. The highest BCUT2D eigenvalue weighted by molar-refractivity contribution is 6.03. The highest BCUT2D eigenvalue weighted by Gasteiger charge is 2.35. The summed E-state index contributed by atoms with van der Waals surface area (Å²) in [4.78, 5) is 28.9. The highest BCUT2D eigenvalue weighted by Crippen LogP contribution is 2.42. The molecule has 1 aromatic heterocycles. The summed E-state index contributed by atoms with van der Waals surface area (Å²) >= 11 is 0. The largest absolute Gasteiger partial charge is 0.497 e. The maximum absolute atomic E-state index is 14.4. The van der Waals surface area contributed by atoms with E-state index < -0.39 is 11.9 Å². The number of ether oxygens (including phenoxy) is 2. The van der Waals surface area contributed by atoms with Crippen LogP contribution in [0.2, 0.25) is 0 Å². The lowest BCUT2D eigenvalue weighted by molar-refractivity contribution is -0.117. The van der Waals surface area contributed by atoms with Crippen molar-refractivity contribution in [2.24, 2.45) is 0 Å². The number of anilines is 2. The molecule has 35 heavy (non-hydrogen) atoms. The Balaban J connectivity index is 1.54. The molecule has 8 heteroatoms. The highest BCUT2D eigenvalue weighted by atomic mass is 19.1. The van der Waals surface area contributed by atoms with Gasteiger partial charge in [-0.3, -0.25) is 9.69 Å². The lowest BCUT2D eigenvalue weighted by atomic mass is 10.0. The summed E-state index contributed by atoms with van der Waals surface area (Å²) in [5.74, 6) is -0.623. The molecular formula is C27H28FN3O4. The van der Waals surface area contributed by atoms with Crippen LogP contribution < -0.4 is 19.3 Å². The molecule has 1 atom stereocenters. The third-order valence-electron chi connectivity index (χ3n) is 6.63. The van der Waals surface area contributed by atoms with Gasteiger partial charge < -0.3 is 18.9 Å². The van der Waals surface area contributed by atoms with Crippen molar-refractivity contribution in [3.8, 4) is 22.6 Å². The van der Waals surface area contributed by atoms with Gasteiger partial charge in [0.05, 0.1) is 24.5 Å². The number of aryl methyl sites for hydroxylation is 1. The zero-order chi connectivity index (χ0) is 24.9. The van der Waals surface area contributed by atoms with E-state index >= 15 is 0 Å². The summed E-state index contributed by atoms with van der Waals surface area (Å²) in [6.07, 6.45) is 3.78. The number of carbonyl (C=O) groups is 2. The fourth-order valence-electron chi connectivity index (χ4n) is 4.79. The summed E-state index contributed by atoms with van der Waals surface area (Å²) in [7, 11) is 1.46. The molecular weight excluding hydrogens is 449 g/mol. The maximum Gasteiger partial charge on any atom is 0.419 e. The van der Waals surface area contributed by atoms with Crippen LogP contribution in [0.4, 0.5) is 20.6 Å². The Bertz CT molecular complexity index is 1310. The summed E-state index contributed by atoms with van der Waals surface area (Å²) in [5.41, 5.74) is 4.30. The molecule has 0 radical (unpaired) electrons. The Morgan fingerprint density at radius 2 is 1.80 bits per heavy atom. The van der Waals surface area contributed by atoms with E-state index in [1.807, 2.05) is 25.1 Å². The van der Waals surface area contributed by atoms with E-state index in [2.05, 4.69) is 23.8 Å². The predicted octanol–water partition coefficient (Wildman–Crippen LogP) is 5.71. The number of halogens is 1. The number of amides is 2. The van der Waals surface area contributed by atoms with Gasteiger partial charge in [-0.25, -0.2) is 9.18 Å². The Labute approximate surface area is 203 Å². The predicted molar refractivity (Wildman–Crippen MR) is 132 cm³/mol. The molecule has 0 spiro atoms. The number of fused-ring (bicyclic) bond motifs is 1. The van der Waals surface area contributed by atoms with E-state index in [1.54, 1.807) is 4.90 Å². The van der Waals surface area contributed by atoms with Gasteiger partial charge >= 0.3 is 6.09 Å². The molecule has 0 N–H and O–H groups in total. The number of carbonyl (C=O) groups excluding carboxylic acids is 2. The number of aromatic nitrogens is 1. The van der Waals surface area contributed by atoms with E-state index in [1.165, 1.54) is 55.7 Å². The van der Waals surface area contributed by atoms with Crippen molar-refractivity contribution in [2.45, 2.75) is 45.7 Å². The van der Waals surface area contributed by atoms with Gasteiger partial charge in [0.25, 0.3) is 0 Å². The molecule has 7 nitrogen and oxygen atoms in total. The molecule has 2 heterocycles. The third kappa shape index (κ3) is 4.24. The standard InChI is InChI=1S/C27H28FN3O4/c1-16-11-20(15-29(16)21-6-7-21)19-5-10-24-25(12-19)30(14-17(2)31(24)18(3)32)27(33)35-26-13-22(34-4)8-9-23(26)28/h5,8-13,15,17,21H,6-7,14H2,1-4H3/t17-/m0/s1. The van der Waals surface area contributed by atoms with Gasteiger partial charge in [0.1, 0.15) is 5.75 Å². The first-order valence-corrected chi connectivity index (χ1v) is 11.7. The molecule has 2 aromatic carbocycles. The number of rotatable bonds is 4. The zero-order valence-corrected chi connectivity index (χ0v) is 20.2. The van der Waals surface area contributed by atoms with Crippen molar-refractivity contribution in [3.05, 3.63) is 60.2 Å². The molecule has 5 rings (SSSR count). The Morgan fingerprint density at radius 3 is 2.49 bits per heavy atom. The first-order valence-electron chi connectivity index (χ1n) is 11.7. The lowest BCUT2D eigenvalue weighted by Gasteiger charge is -2.40. The van der Waals surface area contributed by atoms with Crippen LogP contribution in [-0.2, 0) is 4.79 Å². The van der Waals surface area contributed by atoms with Crippen LogP contribution in [0.1, 0.15) is 38.4 Å². The van der Waals surface area contributed by atoms with Crippen LogP contribution in [0, 0.1) is 12.7 Å². The van der Waals surface area contributed by atoms with E-state index in [0.29, 0.717) is 23.2 Å². The third-order valence-corrected chi connectivity index (χ3v) is 6.63. The number of methoxy groups -OCH3 is 1. The van der Waals surface area contributed by atoms with E-state index in [9.17, 15) is 14.0 Å². The van der Waals surface area contributed by atoms with E-state index in [0.717, 1.165) is 11.1 Å². The van der Waals surface area contributed by atoms with Crippen molar-refractivity contribution >= 4 is 23.4 Å². The smallest absolute Gasteiger partial charge is 0.419 e. The average Bonchev–Trinajstić information content (AvgIpc) is 3.60. The summed E-state index contributed by atoms with van der Waals surface area (Å²) < 4.78 is 27.2. The van der Waals surface area contributed by atoms with E-state index in [4.69, 9.17) is 9.47 Å². The first-order chi connectivity index (χ1) is 16.8. The van der Waals surface area contributed by atoms with Crippen molar-refractivity contribution < 1.29 is 23.5 Å². The zero-order valence-electron chi connectivity index (χ0n) is 20.2.